The van der Waals surface area contributed by atoms with Crippen LogP contribution in [0.5, 0.6) is 0 Å². The number of carbonyl (C=O) groups excluding carboxylic acids is 1. The minimum absolute atomic E-state index is 0.0109. The molecule has 1 unspecified atom stereocenters. The summed E-state index contributed by atoms with van der Waals surface area (Å²) in [5, 5.41) is 7.27. The molecule has 1 saturated heterocycles. The van der Waals surface area contributed by atoms with Gasteiger partial charge in [0.05, 0.1) is 10.7 Å². The van der Waals surface area contributed by atoms with Crippen molar-refractivity contribution >= 4 is 17.2 Å². The van der Waals surface area contributed by atoms with E-state index in [1.807, 2.05) is 13.8 Å². The Hall–Kier alpha value is -0.940. The Morgan fingerprint density at radius 3 is 3.00 bits per heavy atom. The van der Waals surface area contributed by atoms with Gasteiger partial charge in [0, 0.05) is 12.6 Å². The van der Waals surface area contributed by atoms with Gasteiger partial charge in [0.15, 0.2) is 0 Å². The molecule has 1 aliphatic heterocycles. The Kier molecular flexibility index (Phi) is 3.56. The molecule has 4 nitrogen and oxygen atoms in total. The van der Waals surface area contributed by atoms with E-state index in [0.717, 1.165) is 35.1 Å². The maximum absolute atomic E-state index is 11.9. The highest BCUT2D eigenvalue weighted by Crippen LogP contribution is 2.16. The zero-order chi connectivity index (χ0) is 11.5. The van der Waals surface area contributed by atoms with E-state index in [9.17, 15) is 4.79 Å². The number of rotatable bonds is 3. The Balaban J connectivity index is 1.90. The van der Waals surface area contributed by atoms with Crippen LogP contribution in [0.2, 0.25) is 0 Å². The van der Waals surface area contributed by atoms with E-state index in [2.05, 4.69) is 15.6 Å². The molecule has 0 radical (unpaired) electrons. The van der Waals surface area contributed by atoms with Crippen molar-refractivity contribution in [1.82, 2.24) is 15.6 Å². The molecule has 1 aromatic heterocycles. The number of carbonyl (C=O) groups is 1. The minimum Gasteiger partial charge on any atom is -0.350 e. The molecule has 1 aliphatic rings. The second-order valence-corrected chi connectivity index (χ2v) is 5.35. The highest BCUT2D eigenvalue weighted by atomic mass is 32.1. The van der Waals surface area contributed by atoms with Gasteiger partial charge in [-0.1, -0.05) is 0 Å². The van der Waals surface area contributed by atoms with Crippen LogP contribution >= 0.6 is 11.3 Å². The second kappa shape index (κ2) is 4.93. The van der Waals surface area contributed by atoms with Crippen molar-refractivity contribution < 1.29 is 4.79 Å². The van der Waals surface area contributed by atoms with Crippen molar-refractivity contribution in [3.63, 3.8) is 0 Å². The summed E-state index contributed by atoms with van der Waals surface area (Å²) in [6.07, 6.45) is 2.36. The molecular formula is C11H17N3OS. The molecule has 5 heteroatoms. The van der Waals surface area contributed by atoms with Gasteiger partial charge in [0.2, 0.25) is 0 Å². The second-order valence-electron chi connectivity index (χ2n) is 4.15. The van der Waals surface area contributed by atoms with E-state index >= 15 is 0 Å². The Morgan fingerprint density at radius 2 is 2.44 bits per heavy atom. The molecule has 1 atom stereocenters. The van der Waals surface area contributed by atoms with E-state index in [-0.39, 0.29) is 5.91 Å². The normalized spacial score (nSPS) is 20.0. The molecule has 1 amide bonds. The number of nitrogens with zero attached hydrogens (tertiary/aromatic N) is 1. The van der Waals surface area contributed by atoms with Crippen LogP contribution in [-0.4, -0.2) is 30.0 Å². The van der Waals surface area contributed by atoms with Gasteiger partial charge in [-0.2, -0.15) is 0 Å². The van der Waals surface area contributed by atoms with Crippen molar-refractivity contribution in [2.75, 3.05) is 13.1 Å². The average Bonchev–Trinajstić information content (AvgIpc) is 2.84. The van der Waals surface area contributed by atoms with Gasteiger partial charge in [0.1, 0.15) is 4.88 Å². The molecule has 0 aliphatic carbocycles. The van der Waals surface area contributed by atoms with Crippen LogP contribution < -0.4 is 10.6 Å². The summed E-state index contributed by atoms with van der Waals surface area (Å²) in [6.45, 7) is 5.59. The lowest BCUT2D eigenvalue weighted by molar-refractivity contribution is 0.0953. The summed E-state index contributed by atoms with van der Waals surface area (Å²) in [6, 6.07) is 0.443. The number of hydrogen-bond acceptors (Lipinski definition) is 4. The first-order chi connectivity index (χ1) is 7.66. The molecule has 0 saturated carbocycles. The maximum atomic E-state index is 11.9. The number of hydrogen-bond donors (Lipinski definition) is 2. The predicted octanol–water partition coefficient (Wildman–Crippen LogP) is 1.24. The third kappa shape index (κ3) is 2.59. The van der Waals surface area contributed by atoms with Crippen LogP contribution in [0.15, 0.2) is 0 Å². The lowest BCUT2D eigenvalue weighted by atomic mass is 10.2. The van der Waals surface area contributed by atoms with Gasteiger partial charge >= 0.3 is 0 Å². The number of nitrogens with one attached hydrogen (secondary N) is 2. The Morgan fingerprint density at radius 1 is 1.62 bits per heavy atom. The van der Waals surface area contributed by atoms with Crippen molar-refractivity contribution in [2.45, 2.75) is 32.7 Å². The van der Waals surface area contributed by atoms with Gasteiger partial charge in [0.25, 0.3) is 5.91 Å². The van der Waals surface area contributed by atoms with Gasteiger partial charge < -0.3 is 10.6 Å². The smallest absolute Gasteiger partial charge is 0.263 e. The monoisotopic (exact) mass is 239 g/mol. The zero-order valence-electron chi connectivity index (χ0n) is 9.67. The molecule has 2 rings (SSSR count). The molecule has 1 fully saturated rings. The number of thiazole rings is 1. The van der Waals surface area contributed by atoms with Crippen molar-refractivity contribution in [1.29, 1.82) is 0 Å². The zero-order valence-corrected chi connectivity index (χ0v) is 10.5. The quantitative estimate of drug-likeness (QED) is 0.834. The molecule has 16 heavy (non-hydrogen) atoms. The molecular weight excluding hydrogens is 222 g/mol. The van der Waals surface area contributed by atoms with Crippen LogP contribution in [0.4, 0.5) is 0 Å². The van der Waals surface area contributed by atoms with E-state index in [0.29, 0.717) is 6.04 Å². The predicted molar refractivity (Wildman–Crippen MR) is 64.9 cm³/mol. The summed E-state index contributed by atoms with van der Waals surface area (Å²) in [5.41, 5.74) is 0.833. The summed E-state index contributed by atoms with van der Waals surface area (Å²) < 4.78 is 0. The average molecular weight is 239 g/mol. The van der Waals surface area contributed by atoms with Crippen molar-refractivity contribution in [2.24, 2.45) is 0 Å². The first kappa shape index (κ1) is 11.5. The SMILES string of the molecule is Cc1nc(C)c(C(=O)NCC2CCCN2)s1. The number of aryl methyl sites for hydroxylation is 2. The van der Waals surface area contributed by atoms with Crippen molar-refractivity contribution in [3.05, 3.63) is 15.6 Å². The first-order valence-corrected chi connectivity index (χ1v) is 6.44. The third-order valence-corrected chi connectivity index (χ3v) is 3.85. The van der Waals surface area contributed by atoms with E-state index < -0.39 is 0 Å². The van der Waals surface area contributed by atoms with E-state index in [1.54, 1.807) is 0 Å². The molecule has 1 aromatic rings. The van der Waals surface area contributed by atoms with Gasteiger partial charge in [-0.15, -0.1) is 11.3 Å². The van der Waals surface area contributed by atoms with Crippen LogP contribution in [0, 0.1) is 13.8 Å². The molecule has 2 heterocycles. The highest BCUT2D eigenvalue weighted by Gasteiger charge is 2.17. The van der Waals surface area contributed by atoms with Crippen LogP contribution in [0.3, 0.4) is 0 Å². The minimum atomic E-state index is 0.0109. The summed E-state index contributed by atoms with van der Waals surface area (Å²) in [4.78, 5) is 16.9. The fraction of sp³-hybridized carbons (Fsp3) is 0.636. The standard InChI is InChI=1S/C11H17N3OS/c1-7-10(16-8(2)14-7)11(15)13-6-9-4-3-5-12-9/h9,12H,3-6H2,1-2H3,(H,13,15). The lowest BCUT2D eigenvalue weighted by Crippen LogP contribution is -2.37. The summed E-state index contributed by atoms with van der Waals surface area (Å²) in [7, 11) is 0. The van der Waals surface area contributed by atoms with Crippen LogP contribution in [0.1, 0.15) is 33.2 Å². The molecule has 88 valence electrons. The fourth-order valence-corrected chi connectivity index (χ4v) is 2.81. The van der Waals surface area contributed by atoms with Crippen molar-refractivity contribution in [3.8, 4) is 0 Å². The molecule has 0 aromatic carbocycles. The van der Waals surface area contributed by atoms with Crippen LogP contribution in [0.25, 0.3) is 0 Å². The molecule has 2 N–H and O–H groups in total. The summed E-state index contributed by atoms with van der Waals surface area (Å²) >= 11 is 1.46. The number of aromatic nitrogens is 1. The van der Waals surface area contributed by atoms with E-state index in [4.69, 9.17) is 0 Å². The first-order valence-electron chi connectivity index (χ1n) is 5.62. The molecule has 0 bridgehead atoms. The fourth-order valence-electron chi connectivity index (χ4n) is 1.97. The number of amides is 1. The Bertz CT molecular complexity index is 383. The topological polar surface area (TPSA) is 54.0 Å². The lowest BCUT2D eigenvalue weighted by Gasteiger charge is -2.10. The third-order valence-electron chi connectivity index (χ3n) is 2.78. The van der Waals surface area contributed by atoms with Gasteiger partial charge in [-0.3, -0.25) is 4.79 Å². The van der Waals surface area contributed by atoms with E-state index in [1.165, 1.54) is 17.8 Å². The maximum Gasteiger partial charge on any atom is 0.263 e. The summed E-state index contributed by atoms with van der Waals surface area (Å²) in [5.74, 6) is 0.0109. The van der Waals surface area contributed by atoms with Gasteiger partial charge in [-0.05, 0) is 33.2 Å². The highest BCUT2D eigenvalue weighted by molar-refractivity contribution is 7.13. The van der Waals surface area contributed by atoms with Gasteiger partial charge in [-0.25, -0.2) is 4.98 Å². The largest absolute Gasteiger partial charge is 0.350 e. The Labute approximate surface area is 99.5 Å². The van der Waals surface area contributed by atoms with Crippen LogP contribution in [-0.2, 0) is 0 Å². The molecule has 0 spiro atoms.